The summed E-state index contributed by atoms with van der Waals surface area (Å²) < 4.78 is 0. The molecule has 1 aromatic heterocycles. The summed E-state index contributed by atoms with van der Waals surface area (Å²) in [6.07, 6.45) is 5.53. The van der Waals surface area contributed by atoms with Gasteiger partial charge in [-0.1, -0.05) is 18.6 Å². The van der Waals surface area contributed by atoms with Crippen molar-refractivity contribution in [2.45, 2.75) is 31.7 Å². The van der Waals surface area contributed by atoms with E-state index in [2.05, 4.69) is 15.5 Å². The maximum atomic E-state index is 12.3. The van der Waals surface area contributed by atoms with E-state index in [1.165, 1.54) is 0 Å². The molecule has 1 heterocycles. The molecule has 5 nitrogen and oxygen atoms in total. The molecular weight excluding hydrogens is 276 g/mol. The Bertz CT molecular complexity index is 598. The minimum absolute atomic E-state index is 0. The number of nitrogens with zero attached hydrogens (tertiary/aromatic N) is 1. The van der Waals surface area contributed by atoms with Gasteiger partial charge in [0.25, 0.3) is 0 Å². The Balaban J connectivity index is 0.00000147. The first-order valence-corrected chi connectivity index (χ1v) is 6.72. The summed E-state index contributed by atoms with van der Waals surface area (Å²) in [6.45, 7) is 0. The van der Waals surface area contributed by atoms with Crippen LogP contribution in [0.1, 0.15) is 25.7 Å². The maximum Gasteiger partial charge on any atom is 0.227 e. The fourth-order valence-electron chi connectivity index (χ4n) is 2.77. The third-order valence-corrected chi connectivity index (χ3v) is 3.82. The molecule has 4 N–H and O–H groups in total. The number of hydrogen-bond donors (Lipinski definition) is 3. The number of nitrogens with one attached hydrogen (secondary N) is 2. The molecule has 20 heavy (non-hydrogen) atoms. The fourth-order valence-corrected chi connectivity index (χ4v) is 2.77. The second kappa shape index (κ2) is 6.24. The van der Waals surface area contributed by atoms with E-state index in [0.717, 1.165) is 42.3 Å². The van der Waals surface area contributed by atoms with E-state index in [9.17, 15) is 4.79 Å². The van der Waals surface area contributed by atoms with E-state index >= 15 is 0 Å². The van der Waals surface area contributed by atoms with E-state index in [0.29, 0.717) is 0 Å². The number of halogens is 1. The van der Waals surface area contributed by atoms with Gasteiger partial charge in [0.05, 0.1) is 17.4 Å². The highest BCUT2D eigenvalue weighted by atomic mass is 35.5. The van der Waals surface area contributed by atoms with Gasteiger partial charge in [-0.3, -0.25) is 9.89 Å². The zero-order valence-corrected chi connectivity index (χ0v) is 12.0. The summed E-state index contributed by atoms with van der Waals surface area (Å²) in [5.41, 5.74) is 7.60. The summed E-state index contributed by atoms with van der Waals surface area (Å²) in [6, 6.07) is 5.93. The number of nitrogens with two attached hydrogens (primary N) is 1. The Kier molecular flexibility index (Phi) is 4.62. The van der Waals surface area contributed by atoms with Crippen molar-refractivity contribution in [3.05, 3.63) is 24.4 Å². The van der Waals surface area contributed by atoms with E-state index in [-0.39, 0.29) is 30.3 Å². The predicted molar refractivity (Wildman–Crippen MR) is 81.9 cm³/mol. The van der Waals surface area contributed by atoms with Crippen molar-refractivity contribution in [2.75, 3.05) is 5.32 Å². The highest BCUT2D eigenvalue weighted by Crippen LogP contribution is 2.26. The molecule has 0 bridgehead atoms. The van der Waals surface area contributed by atoms with E-state index in [1.54, 1.807) is 6.20 Å². The number of anilines is 1. The van der Waals surface area contributed by atoms with E-state index in [1.807, 2.05) is 18.2 Å². The number of carbonyl (C=O) groups excluding carboxylic acids is 1. The van der Waals surface area contributed by atoms with E-state index in [4.69, 9.17) is 5.73 Å². The molecule has 0 spiro atoms. The van der Waals surface area contributed by atoms with Crippen molar-refractivity contribution in [3.63, 3.8) is 0 Å². The number of rotatable bonds is 2. The summed E-state index contributed by atoms with van der Waals surface area (Å²) in [7, 11) is 0. The molecule has 1 aliphatic carbocycles. The Morgan fingerprint density at radius 2 is 2.25 bits per heavy atom. The van der Waals surface area contributed by atoms with Gasteiger partial charge in [-0.2, -0.15) is 5.10 Å². The largest absolute Gasteiger partial charge is 0.328 e. The molecule has 3 rings (SSSR count). The van der Waals surface area contributed by atoms with Crippen LogP contribution in [0, 0.1) is 5.92 Å². The predicted octanol–water partition coefficient (Wildman–Crippen LogP) is 2.44. The van der Waals surface area contributed by atoms with Crippen molar-refractivity contribution < 1.29 is 4.79 Å². The number of carbonyl (C=O) groups is 1. The molecule has 6 heteroatoms. The number of aromatic amines is 1. The zero-order chi connectivity index (χ0) is 13.2. The molecule has 1 aliphatic rings. The summed E-state index contributed by atoms with van der Waals surface area (Å²) in [5, 5.41) is 10.9. The highest BCUT2D eigenvalue weighted by molar-refractivity contribution is 6.00. The van der Waals surface area contributed by atoms with Crippen LogP contribution in [-0.4, -0.2) is 22.1 Å². The minimum atomic E-state index is 0. The van der Waals surface area contributed by atoms with Crippen LogP contribution in [0.2, 0.25) is 0 Å². The SMILES string of the molecule is Cl.NC1CCCC(C(=O)Nc2cccc3cn[nH]c23)C1. The van der Waals surface area contributed by atoms with Crippen LogP contribution in [0.15, 0.2) is 24.4 Å². The van der Waals surface area contributed by atoms with Crippen molar-refractivity contribution in [1.29, 1.82) is 0 Å². The zero-order valence-electron chi connectivity index (χ0n) is 11.1. The maximum absolute atomic E-state index is 12.3. The Labute approximate surface area is 123 Å². The van der Waals surface area contributed by atoms with Crippen LogP contribution in [0.3, 0.4) is 0 Å². The average molecular weight is 295 g/mol. The number of benzene rings is 1. The molecule has 1 saturated carbocycles. The summed E-state index contributed by atoms with van der Waals surface area (Å²) in [4.78, 5) is 12.3. The monoisotopic (exact) mass is 294 g/mol. The van der Waals surface area contributed by atoms with Gasteiger partial charge in [-0.05, 0) is 25.3 Å². The standard InChI is InChI=1S/C14H18N4O.ClH/c15-11-5-1-3-9(7-11)14(19)17-12-6-2-4-10-8-16-18-13(10)12;/h2,4,6,8-9,11H,1,3,5,7,15H2,(H,16,18)(H,17,19);1H. The normalized spacial score (nSPS) is 22.2. The van der Waals surface area contributed by atoms with Crippen LogP contribution < -0.4 is 11.1 Å². The smallest absolute Gasteiger partial charge is 0.227 e. The Hall–Kier alpha value is -1.59. The van der Waals surface area contributed by atoms with Crippen LogP contribution in [-0.2, 0) is 4.79 Å². The van der Waals surface area contributed by atoms with Crippen molar-refractivity contribution >= 4 is 34.9 Å². The van der Waals surface area contributed by atoms with Gasteiger partial charge in [-0.25, -0.2) is 0 Å². The molecule has 0 aliphatic heterocycles. The molecule has 108 valence electrons. The van der Waals surface area contributed by atoms with Gasteiger partial charge in [0.1, 0.15) is 0 Å². The molecule has 2 unspecified atom stereocenters. The lowest BCUT2D eigenvalue weighted by Crippen LogP contribution is -2.34. The van der Waals surface area contributed by atoms with Crippen LogP contribution >= 0.6 is 12.4 Å². The van der Waals surface area contributed by atoms with Crippen molar-refractivity contribution in [2.24, 2.45) is 11.7 Å². The van der Waals surface area contributed by atoms with Crippen LogP contribution in [0.25, 0.3) is 10.9 Å². The second-order valence-corrected chi connectivity index (χ2v) is 5.25. The first-order valence-electron chi connectivity index (χ1n) is 6.72. The van der Waals surface area contributed by atoms with Gasteiger partial charge in [0.2, 0.25) is 5.91 Å². The van der Waals surface area contributed by atoms with Gasteiger partial charge in [0, 0.05) is 17.3 Å². The summed E-state index contributed by atoms with van der Waals surface area (Å²) >= 11 is 0. The number of aromatic nitrogens is 2. The molecule has 1 amide bonds. The number of para-hydroxylation sites is 1. The molecular formula is C14H19ClN4O. The van der Waals surface area contributed by atoms with Crippen molar-refractivity contribution in [3.8, 4) is 0 Å². The first kappa shape index (κ1) is 14.8. The average Bonchev–Trinajstić information content (AvgIpc) is 2.88. The quantitative estimate of drug-likeness (QED) is 0.795. The number of fused-ring (bicyclic) bond motifs is 1. The second-order valence-electron chi connectivity index (χ2n) is 5.25. The van der Waals surface area contributed by atoms with Crippen LogP contribution in [0.5, 0.6) is 0 Å². The lowest BCUT2D eigenvalue weighted by atomic mass is 9.85. The topological polar surface area (TPSA) is 83.8 Å². The highest BCUT2D eigenvalue weighted by Gasteiger charge is 2.25. The van der Waals surface area contributed by atoms with Gasteiger partial charge in [-0.15, -0.1) is 12.4 Å². The van der Waals surface area contributed by atoms with Gasteiger partial charge in [0.15, 0.2) is 0 Å². The number of hydrogen-bond acceptors (Lipinski definition) is 3. The number of H-pyrrole nitrogens is 1. The molecule has 2 atom stereocenters. The molecule has 1 fully saturated rings. The van der Waals surface area contributed by atoms with Crippen LogP contribution in [0.4, 0.5) is 5.69 Å². The first-order chi connectivity index (χ1) is 9.24. The third kappa shape index (κ3) is 2.94. The van der Waals surface area contributed by atoms with Gasteiger partial charge < -0.3 is 11.1 Å². The lowest BCUT2D eigenvalue weighted by molar-refractivity contribution is -0.120. The third-order valence-electron chi connectivity index (χ3n) is 3.82. The Morgan fingerprint density at radius 3 is 3.05 bits per heavy atom. The minimum Gasteiger partial charge on any atom is -0.328 e. The summed E-state index contributed by atoms with van der Waals surface area (Å²) in [5.74, 6) is 0.0965. The number of amides is 1. The molecule has 0 radical (unpaired) electrons. The molecule has 0 saturated heterocycles. The van der Waals surface area contributed by atoms with E-state index < -0.39 is 0 Å². The van der Waals surface area contributed by atoms with Crippen molar-refractivity contribution in [1.82, 2.24) is 10.2 Å². The fraction of sp³-hybridized carbons (Fsp3) is 0.429. The molecule has 1 aromatic carbocycles. The lowest BCUT2D eigenvalue weighted by Gasteiger charge is -2.25. The Morgan fingerprint density at radius 1 is 1.40 bits per heavy atom. The molecule has 2 aromatic rings. The van der Waals surface area contributed by atoms with Gasteiger partial charge >= 0.3 is 0 Å².